The molecule has 2 N–H and O–H groups in total. The average molecular weight is 253 g/mol. The summed E-state index contributed by atoms with van der Waals surface area (Å²) in [7, 11) is 1.34. The number of aryl methyl sites for hydroxylation is 1. The van der Waals surface area contributed by atoms with E-state index >= 15 is 0 Å². The smallest absolute Gasteiger partial charge is 0.360 e. The molecule has 0 saturated carbocycles. The van der Waals surface area contributed by atoms with Gasteiger partial charge < -0.3 is 15.0 Å². The molecule has 0 saturated heterocycles. The predicted octanol–water partition coefficient (Wildman–Crippen LogP) is 2.42. The minimum Gasteiger partial charge on any atom is -0.464 e. The third-order valence-electron chi connectivity index (χ3n) is 3.24. The fourth-order valence-electron chi connectivity index (χ4n) is 2.31. The van der Waals surface area contributed by atoms with Crippen LogP contribution in [0.5, 0.6) is 0 Å². The minimum atomic E-state index is -0.473. The predicted molar refractivity (Wildman–Crippen MR) is 71.5 cm³/mol. The molecule has 0 radical (unpaired) electrons. The second kappa shape index (κ2) is 5.89. The van der Waals surface area contributed by atoms with Crippen LogP contribution in [0.4, 0.5) is 5.82 Å². The van der Waals surface area contributed by atoms with Crippen molar-refractivity contribution in [2.45, 2.75) is 46.6 Å². The van der Waals surface area contributed by atoms with E-state index in [4.69, 9.17) is 10.5 Å². The van der Waals surface area contributed by atoms with E-state index in [2.05, 4.69) is 25.8 Å². The van der Waals surface area contributed by atoms with Crippen LogP contribution in [0.2, 0.25) is 0 Å². The summed E-state index contributed by atoms with van der Waals surface area (Å²) in [5.41, 5.74) is 6.30. The van der Waals surface area contributed by atoms with Gasteiger partial charge in [0.25, 0.3) is 0 Å². The summed E-state index contributed by atoms with van der Waals surface area (Å²) in [5.74, 6) is 1.22. The van der Waals surface area contributed by atoms with E-state index in [9.17, 15) is 4.79 Å². The first-order valence-electron chi connectivity index (χ1n) is 6.42. The highest BCUT2D eigenvalue weighted by molar-refractivity contribution is 5.92. The summed E-state index contributed by atoms with van der Waals surface area (Å²) in [6.45, 7) is 8.41. The Balaban J connectivity index is 3.33. The maximum atomic E-state index is 11.6. The Hall–Kier alpha value is -1.52. The van der Waals surface area contributed by atoms with E-state index in [1.165, 1.54) is 7.11 Å². The number of nitrogen functional groups attached to an aromatic ring is 1. The monoisotopic (exact) mass is 253 g/mol. The quantitative estimate of drug-likeness (QED) is 0.818. The van der Waals surface area contributed by atoms with Crippen molar-refractivity contribution in [3.05, 3.63) is 11.5 Å². The van der Waals surface area contributed by atoms with Crippen molar-refractivity contribution in [1.29, 1.82) is 0 Å². The molecule has 1 aromatic rings. The molecule has 1 aromatic heterocycles. The molecule has 0 aromatic carbocycles. The van der Waals surface area contributed by atoms with E-state index in [0.29, 0.717) is 11.7 Å². The summed E-state index contributed by atoms with van der Waals surface area (Å²) >= 11 is 0. The lowest BCUT2D eigenvalue weighted by molar-refractivity contribution is 0.0595. The molecule has 102 valence electrons. The lowest BCUT2D eigenvalue weighted by Crippen LogP contribution is -2.19. The Kier molecular flexibility index (Phi) is 4.76. The van der Waals surface area contributed by atoms with Crippen molar-refractivity contribution in [1.82, 2.24) is 9.55 Å². The Labute approximate surface area is 108 Å². The van der Waals surface area contributed by atoms with Gasteiger partial charge in [-0.2, -0.15) is 0 Å². The van der Waals surface area contributed by atoms with Gasteiger partial charge in [0.1, 0.15) is 11.6 Å². The van der Waals surface area contributed by atoms with Gasteiger partial charge in [-0.25, -0.2) is 9.78 Å². The number of aromatic nitrogens is 2. The van der Waals surface area contributed by atoms with Crippen LogP contribution < -0.4 is 5.73 Å². The molecule has 18 heavy (non-hydrogen) atoms. The molecule has 0 aliphatic heterocycles. The lowest BCUT2D eigenvalue weighted by atomic mass is 10.0. The first kappa shape index (κ1) is 14.5. The molecular formula is C13H23N3O2. The molecule has 0 fully saturated rings. The first-order valence-corrected chi connectivity index (χ1v) is 6.42. The molecular weight excluding hydrogens is 230 g/mol. The van der Waals surface area contributed by atoms with Crippen molar-refractivity contribution in [2.24, 2.45) is 5.92 Å². The van der Waals surface area contributed by atoms with Crippen LogP contribution in [-0.4, -0.2) is 22.6 Å². The first-order chi connectivity index (χ1) is 8.47. The number of ether oxygens (including phenoxy) is 1. The number of hydrogen-bond acceptors (Lipinski definition) is 4. The Bertz CT molecular complexity index is 424. The molecule has 5 heteroatoms. The SMILES string of the molecule is CCc1nc(C(=O)OC)c(N)n1C(CC)C(C)C. The highest BCUT2D eigenvalue weighted by atomic mass is 16.5. The molecule has 1 unspecified atom stereocenters. The van der Waals surface area contributed by atoms with Gasteiger partial charge in [0, 0.05) is 12.5 Å². The number of rotatable bonds is 5. The van der Waals surface area contributed by atoms with Crippen LogP contribution in [0.15, 0.2) is 0 Å². The van der Waals surface area contributed by atoms with Gasteiger partial charge in [0.2, 0.25) is 0 Å². The van der Waals surface area contributed by atoms with Gasteiger partial charge in [-0.3, -0.25) is 0 Å². The standard InChI is InChI=1S/C13H23N3O2/c1-6-9(8(3)4)16-10(7-2)15-11(12(16)14)13(17)18-5/h8-9H,6-7,14H2,1-5H3. The van der Waals surface area contributed by atoms with Crippen molar-refractivity contribution in [3.8, 4) is 0 Å². The van der Waals surface area contributed by atoms with Crippen molar-refractivity contribution in [3.63, 3.8) is 0 Å². The summed E-state index contributed by atoms with van der Waals surface area (Å²) in [5, 5.41) is 0. The van der Waals surface area contributed by atoms with Crippen LogP contribution in [-0.2, 0) is 11.2 Å². The third-order valence-corrected chi connectivity index (χ3v) is 3.24. The summed E-state index contributed by atoms with van der Waals surface area (Å²) in [4.78, 5) is 15.9. The number of anilines is 1. The van der Waals surface area contributed by atoms with Gasteiger partial charge in [-0.15, -0.1) is 0 Å². The number of nitrogens with zero attached hydrogens (tertiary/aromatic N) is 2. The second-order valence-corrected chi connectivity index (χ2v) is 4.70. The van der Waals surface area contributed by atoms with Gasteiger partial charge in [0.15, 0.2) is 5.69 Å². The van der Waals surface area contributed by atoms with Gasteiger partial charge in [-0.05, 0) is 12.3 Å². The summed E-state index contributed by atoms with van der Waals surface area (Å²) in [6, 6.07) is 0.255. The zero-order chi connectivity index (χ0) is 13.9. The van der Waals surface area contributed by atoms with E-state index in [1.54, 1.807) is 0 Å². The molecule has 0 amide bonds. The normalized spacial score (nSPS) is 12.8. The fraction of sp³-hybridized carbons (Fsp3) is 0.692. The summed E-state index contributed by atoms with van der Waals surface area (Å²) in [6.07, 6.45) is 1.69. The van der Waals surface area contributed by atoms with Crippen molar-refractivity contribution in [2.75, 3.05) is 12.8 Å². The zero-order valence-corrected chi connectivity index (χ0v) is 11.9. The van der Waals surface area contributed by atoms with Crippen LogP contribution >= 0.6 is 0 Å². The molecule has 0 aliphatic carbocycles. The van der Waals surface area contributed by atoms with E-state index < -0.39 is 5.97 Å². The largest absolute Gasteiger partial charge is 0.464 e. The highest BCUT2D eigenvalue weighted by Crippen LogP contribution is 2.29. The number of esters is 1. The average Bonchev–Trinajstić information content (AvgIpc) is 2.67. The topological polar surface area (TPSA) is 70.1 Å². The van der Waals surface area contributed by atoms with Gasteiger partial charge in [0.05, 0.1) is 7.11 Å². The van der Waals surface area contributed by atoms with Gasteiger partial charge in [-0.1, -0.05) is 27.7 Å². The van der Waals surface area contributed by atoms with Crippen LogP contribution in [0.3, 0.4) is 0 Å². The molecule has 0 aliphatic rings. The van der Waals surface area contributed by atoms with Crippen LogP contribution in [0, 0.1) is 5.92 Å². The van der Waals surface area contributed by atoms with E-state index in [-0.39, 0.29) is 11.7 Å². The number of carbonyl (C=O) groups is 1. The lowest BCUT2D eigenvalue weighted by Gasteiger charge is -2.24. The van der Waals surface area contributed by atoms with Crippen LogP contribution in [0.1, 0.15) is 56.5 Å². The molecule has 1 rings (SSSR count). The minimum absolute atomic E-state index is 0.230. The van der Waals surface area contributed by atoms with E-state index in [1.807, 2.05) is 11.5 Å². The highest BCUT2D eigenvalue weighted by Gasteiger charge is 2.25. The van der Waals surface area contributed by atoms with E-state index in [0.717, 1.165) is 18.7 Å². The number of carbonyl (C=O) groups excluding carboxylic acids is 1. The second-order valence-electron chi connectivity index (χ2n) is 4.70. The number of nitrogens with two attached hydrogens (primary N) is 1. The molecule has 0 bridgehead atoms. The van der Waals surface area contributed by atoms with Crippen LogP contribution in [0.25, 0.3) is 0 Å². The molecule has 1 atom stereocenters. The molecule has 5 nitrogen and oxygen atoms in total. The van der Waals surface area contributed by atoms with Crippen molar-refractivity contribution >= 4 is 11.8 Å². The Morgan fingerprint density at radius 1 is 1.44 bits per heavy atom. The maximum Gasteiger partial charge on any atom is 0.360 e. The zero-order valence-electron chi connectivity index (χ0n) is 11.9. The summed E-state index contributed by atoms with van der Waals surface area (Å²) < 4.78 is 6.69. The van der Waals surface area contributed by atoms with Crippen molar-refractivity contribution < 1.29 is 9.53 Å². The Morgan fingerprint density at radius 2 is 2.06 bits per heavy atom. The maximum absolute atomic E-state index is 11.6. The van der Waals surface area contributed by atoms with Gasteiger partial charge >= 0.3 is 5.97 Å². The number of hydrogen-bond donors (Lipinski definition) is 1. The third kappa shape index (κ3) is 2.49. The number of imidazole rings is 1. The fourth-order valence-corrected chi connectivity index (χ4v) is 2.31. The molecule has 0 spiro atoms. The Morgan fingerprint density at radius 3 is 2.44 bits per heavy atom. The number of methoxy groups -OCH3 is 1. The molecule has 1 heterocycles.